The van der Waals surface area contributed by atoms with E-state index < -0.39 is 0 Å². The number of para-hydroxylation sites is 2. The van der Waals surface area contributed by atoms with Crippen molar-refractivity contribution in [1.29, 1.82) is 0 Å². The molecule has 1 aromatic carbocycles. The Bertz CT molecular complexity index is 894. The summed E-state index contributed by atoms with van der Waals surface area (Å²) in [5.74, 6) is -0.491. The van der Waals surface area contributed by atoms with E-state index in [2.05, 4.69) is 31.6 Å². The number of likely N-dealkylation sites (N-methyl/N-ethyl adjacent to an activating group) is 1. The minimum atomic E-state index is -0.293. The molecule has 2 amide bonds. The van der Waals surface area contributed by atoms with Crippen molar-refractivity contribution < 1.29 is 9.59 Å². The Balaban J connectivity index is 1.68. The van der Waals surface area contributed by atoms with Crippen molar-refractivity contribution >= 4 is 44.8 Å². The number of hydrogen-bond acceptors (Lipinski definition) is 5. The number of halogens is 1. The molecule has 0 aliphatic carbocycles. The van der Waals surface area contributed by atoms with Crippen LogP contribution >= 0.6 is 27.3 Å². The molecule has 2 heterocycles. The monoisotopic (exact) mass is 419 g/mol. The molecule has 0 unspecified atom stereocenters. The Hall–Kier alpha value is -2.52. The van der Waals surface area contributed by atoms with Gasteiger partial charge in [0.25, 0.3) is 5.91 Å². The molecule has 128 valence electrons. The lowest BCUT2D eigenvalue weighted by atomic mass is 10.2. The van der Waals surface area contributed by atoms with Gasteiger partial charge in [-0.3, -0.25) is 9.59 Å². The maximum atomic E-state index is 12.3. The Morgan fingerprint density at radius 2 is 2.08 bits per heavy atom. The largest absolute Gasteiger partial charge is 0.332 e. The van der Waals surface area contributed by atoms with E-state index in [1.165, 1.54) is 16.2 Å². The predicted octanol–water partition coefficient (Wildman–Crippen LogP) is 2.80. The summed E-state index contributed by atoms with van der Waals surface area (Å²) >= 11 is 4.66. The molecular formula is C16H14BrN5O2S. The summed E-state index contributed by atoms with van der Waals surface area (Å²) in [5.41, 5.74) is 1.29. The minimum absolute atomic E-state index is 0.0555. The second kappa shape index (κ2) is 7.58. The van der Waals surface area contributed by atoms with Crippen molar-refractivity contribution in [3.8, 4) is 5.69 Å². The minimum Gasteiger partial charge on any atom is -0.332 e. The van der Waals surface area contributed by atoms with E-state index in [-0.39, 0.29) is 18.4 Å². The number of nitrogens with zero attached hydrogens (tertiary/aromatic N) is 4. The van der Waals surface area contributed by atoms with Gasteiger partial charge in [0.05, 0.1) is 39.0 Å². The summed E-state index contributed by atoms with van der Waals surface area (Å²) in [5, 5.41) is 10.5. The zero-order chi connectivity index (χ0) is 17.8. The molecule has 3 aromatic rings. The average molecular weight is 420 g/mol. The van der Waals surface area contributed by atoms with Crippen molar-refractivity contribution in [1.82, 2.24) is 19.9 Å². The van der Waals surface area contributed by atoms with Crippen molar-refractivity contribution in [2.75, 3.05) is 18.9 Å². The number of thiophene rings is 1. The predicted molar refractivity (Wildman–Crippen MR) is 99.0 cm³/mol. The van der Waals surface area contributed by atoms with E-state index in [4.69, 9.17) is 0 Å². The average Bonchev–Trinajstić information content (AvgIpc) is 3.26. The van der Waals surface area contributed by atoms with Crippen LogP contribution in [0.15, 0.2) is 52.6 Å². The quantitative estimate of drug-likeness (QED) is 0.689. The van der Waals surface area contributed by atoms with Gasteiger partial charge in [-0.25, -0.2) is 4.68 Å². The first-order valence-electron chi connectivity index (χ1n) is 7.31. The number of carbonyl (C=O) groups is 2. The number of benzene rings is 1. The fourth-order valence-electron chi connectivity index (χ4n) is 2.21. The van der Waals surface area contributed by atoms with Crippen LogP contribution in [0.1, 0.15) is 9.67 Å². The molecule has 0 fully saturated rings. The number of aromatic nitrogens is 3. The lowest BCUT2D eigenvalue weighted by molar-refractivity contribution is -0.116. The summed E-state index contributed by atoms with van der Waals surface area (Å²) in [6.07, 6.45) is 3.25. The smallest absolute Gasteiger partial charge is 0.264 e. The van der Waals surface area contributed by atoms with Crippen molar-refractivity contribution in [3.63, 3.8) is 0 Å². The third-order valence-corrected chi connectivity index (χ3v) is 4.97. The zero-order valence-corrected chi connectivity index (χ0v) is 15.6. The molecule has 0 saturated heterocycles. The normalized spacial score (nSPS) is 10.5. The highest BCUT2D eigenvalue weighted by atomic mass is 79.9. The molecule has 25 heavy (non-hydrogen) atoms. The molecule has 2 aromatic heterocycles. The van der Waals surface area contributed by atoms with E-state index in [0.717, 1.165) is 3.79 Å². The summed E-state index contributed by atoms with van der Waals surface area (Å²) in [4.78, 5) is 26.6. The SMILES string of the molecule is CN(CC(=O)Nc1ccccc1-n1ccnn1)C(=O)c1ccc(Br)s1. The molecule has 0 aliphatic rings. The van der Waals surface area contributed by atoms with Gasteiger partial charge >= 0.3 is 0 Å². The number of rotatable bonds is 5. The molecule has 0 saturated carbocycles. The molecule has 3 rings (SSSR count). The van der Waals surface area contributed by atoms with E-state index in [1.54, 1.807) is 42.3 Å². The van der Waals surface area contributed by atoms with Gasteiger partial charge in [-0.15, -0.1) is 16.4 Å². The molecular weight excluding hydrogens is 406 g/mol. The first kappa shape index (κ1) is 17.3. The first-order valence-corrected chi connectivity index (χ1v) is 8.92. The topological polar surface area (TPSA) is 80.1 Å². The van der Waals surface area contributed by atoms with Crippen LogP contribution in [0.4, 0.5) is 5.69 Å². The first-order chi connectivity index (χ1) is 12.0. The van der Waals surface area contributed by atoms with Gasteiger partial charge < -0.3 is 10.2 Å². The van der Waals surface area contributed by atoms with E-state index in [0.29, 0.717) is 16.3 Å². The summed E-state index contributed by atoms with van der Waals surface area (Å²) in [6.45, 7) is -0.0555. The van der Waals surface area contributed by atoms with Crippen LogP contribution in [0, 0.1) is 0 Å². The maximum absolute atomic E-state index is 12.3. The van der Waals surface area contributed by atoms with E-state index >= 15 is 0 Å². The second-order valence-corrected chi connectivity index (χ2v) is 7.64. The molecule has 1 N–H and O–H groups in total. The van der Waals surface area contributed by atoms with Gasteiger partial charge in [-0.2, -0.15) is 0 Å². The van der Waals surface area contributed by atoms with Gasteiger partial charge in [0.15, 0.2) is 0 Å². The third kappa shape index (κ3) is 4.12. The number of carbonyl (C=O) groups excluding carboxylic acids is 2. The lowest BCUT2D eigenvalue weighted by Crippen LogP contribution is -2.34. The third-order valence-electron chi connectivity index (χ3n) is 3.36. The second-order valence-electron chi connectivity index (χ2n) is 5.18. The van der Waals surface area contributed by atoms with Gasteiger partial charge in [-0.1, -0.05) is 17.3 Å². The highest BCUT2D eigenvalue weighted by Crippen LogP contribution is 2.23. The molecule has 9 heteroatoms. The molecule has 0 atom stereocenters. The van der Waals surface area contributed by atoms with Crippen LogP contribution in [-0.2, 0) is 4.79 Å². The van der Waals surface area contributed by atoms with Crippen LogP contribution in [0.2, 0.25) is 0 Å². The highest BCUT2D eigenvalue weighted by Gasteiger charge is 2.17. The number of amides is 2. The van der Waals surface area contributed by atoms with E-state index in [9.17, 15) is 9.59 Å². The Labute approximate surface area is 156 Å². The molecule has 7 nitrogen and oxygen atoms in total. The fourth-order valence-corrected chi connectivity index (χ4v) is 3.59. The molecule has 0 bridgehead atoms. The van der Waals surface area contributed by atoms with Crippen LogP contribution < -0.4 is 5.32 Å². The summed E-state index contributed by atoms with van der Waals surface area (Å²) in [7, 11) is 1.60. The maximum Gasteiger partial charge on any atom is 0.264 e. The van der Waals surface area contributed by atoms with Crippen LogP contribution in [-0.4, -0.2) is 45.3 Å². The van der Waals surface area contributed by atoms with Gasteiger partial charge in [0.1, 0.15) is 0 Å². The summed E-state index contributed by atoms with van der Waals surface area (Å²) in [6, 6.07) is 10.8. The summed E-state index contributed by atoms with van der Waals surface area (Å²) < 4.78 is 2.43. The number of hydrogen-bond donors (Lipinski definition) is 1. The Kier molecular flexibility index (Phi) is 5.25. The van der Waals surface area contributed by atoms with Crippen molar-refractivity contribution in [2.24, 2.45) is 0 Å². The number of nitrogens with one attached hydrogen (secondary N) is 1. The van der Waals surface area contributed by atoms with Gasteiger partial charge in [0.2, 0.25) is 5.91 Å². The van der Waals surface area contributed by atoms with E-state index in [1.807, 2.05) is 18.2 Å². The van der Waals surface area contributed by atoms with Crippen LogP contribution in [0.3, 0.4) is 0 Å². The van der Waals surface area contributed by atoms with Crippen molar-refractivity contribution in [3.05, 3.63) is 57.5 Å². The molecule has 0 spiro atoms. The van der Waals surface area contributed by atoms with Crippen molar-refractivity contribution in [2.45, 2.75) is 0 Å². The Morgan fingerprint density at radius 3 is 2.76 bits per heavy atom. The molecule has 0 radical (unpaired) electrons. The highest BCUT2D eigenvalue weighted by molar-refractivity contribution is 9.11. The lowest BCUT2D eigenvalue weighted by Gasteiger charge is -2.17. The van der Waals surface area contributed by atoms with Gasteiger partial charge in [-0.05, 0) is 40.2 Å². The zero-order valence-electron chi connectivity index (χ0n) is 13.2. The van der Waals surface area contributed by atoms with Crippen LogP contribution in [0.5, 0.6) is 0 Å². The number of anilines is 1. The van der Waals surface area contributed by atoms with Gasteiger partial charge in [0, 0.05) is 7.05 Å². The molecule has 0 aliphatic heterocycles. The fraction of sp³-hybridized carbons (Fsp3) is 0.125. The Morgan fingerprint density at radius 1 is 1.28 bits per heavy atom. The van der Waals surface area contributed by atoms with Crippen LogP contribution in [0.25, 0.3) is 5.69 Å². The standard InChI is InChI=1S/C16H14BrN5O2S/c1-21(16(24)13-6-7-14(17)25-13)10-15(23)19-11-4-2-3-5-12(11)22-9-8-18-20-22/h2-9H,10H2,1H3,(H,19,23).